The van der Waals surface area contributed by atoms with Gasteiger partial charge in [0.25, 0.3) is 0 Å². The maximum absolute atomic E-state index is 13.6. The molecule has 1 aliphatic rings. The predicted molar refractivity (Wildman–Crippen MR) is 154 cm³/mol. The zero-order valence-electron chi connectivity index (χ0n) is 20.5. The molecule has 0 saturated heterocycles. The van der Waals surface area contributed by atoms with Crippen LogP contribution in [0.5, 0.6) is 11.5 Å². The molecule has 0 amide bonds. The maximum atomic E-state index is 13.6. The van der Waals surface area contributed by atoms with Crippen molar-refractivity contribution >= 4 is 55.6 Å². The summed E-state index contributed by atoms with van der Waals surface area (Å²) < 4.78 is 34.5. The van der Waals surface area contributed by atoms with E-state index in [1.54, 1.807) is 48.8 Å². The van der Waals surface area contributed by atoms with E-state index in [1.807, 2.05) is 36.4 Å². The van der Waals surface area contributed by atoms with Crippen LogP contribution in [0.25, 0.3) is 10.9 Å². The van der Waals surface area contributed by atoms with Gasteiger partial charge in [0.1, 0.15) is 17.3 Å². The minimum Gasteiger partial charge on any atom is -0.457 e. The predicted octanol–water partition coefficient (Wildman–Crippen LogP) is 7.22. The lowest BCUT2D eigenvalue weighted by Gasteiger charge is -2.29. The molecule has 0 fully saturated rings. The topological polar surface area (TPSA) is 84.4 Å². The Kier molecular flexibility index (Phi) is 6.86. The highest BCUT2D eigenvalue weighted by atomic mass is 35.5. The Hall–Kier alpha value is -3.69. The van der Waals surface area contributed by atoms with Crippen LogP contribution in [-0.2, 0) is 23.0 Å². The molecule has 39 heavy (non-hydrogen) atoms. The van der Waals surface area contributed by atoms with Crippen molar-refractivity contribution in [2.24, 2.45) is 0 Å². The van der Waals surface area contributed by atoms with Gasteiger partial charge in [-0.05, 0) is 54.4 Å². The van der Waals surface area contributed by atoms with Crippen molar-refractivity contribution in [3.8, 4) is 11.5 Å². The number of sulfonamides is 1. The number of aromatic nitrogens is 2. The number of benzene rings is 3. The van der Waals surface area contributed by atoms with Crippen molar-refractivity contribution in [1.29, 1.82) is 0 Å². The Balaban J connectivity index is 1.22. The van der Waals surface area contributed by atoms with Crippen LogP contribution in [0.2, 0.25) is 10.0 Å². The number of pyridine rings is 2. The standard InChI is InChI=1S/C29H22Cl2N4O3S/c30-26-9-8-23(16-27(26)31)38-22-5-3-6-24(15-22)39(36,37)35-13-11-25-20(18-35)10-12-32-29(25)34-21-14-19-4-1-2-7-28(19)33-17-21/h1-10,12,14-17H,11,13,18H2,(H,32,34). The van der Waals surface area contributed by atoms with Gasteiger partial charge in [-0.3, -0.25) is 4.98 Å². The number of hydrogen-bond donors (Lipinski definition) is 1. The Morgan fingerprint density at radius 1 is 0.872 bits per heavy atom. The third-order valence-corrected chi connectivity index (χ3v) is 9.11. The number of para-hydroxylation sites is 1. The normalized spacial score (nSPS) is 13.7. The average molecular weight is 577 g/mol. The summed E-state index contributed by atoms with van der Waals surface area (Å²) in [5, 5.41) is 5.16. The van der Waals surface area contributed by atoms with E-state index in [1.165, 1.54) is 10.4 Å². The Labute approximate surface area is 236 Å². The fourth-order valence-corrected chi connectivity index (χ4v) is 6.32. The first-order valence-electron chi connectivity index (χ1n) is 12.2. The fourth-order valence-electron chi connectivity index (χ4n) is 4.58. The summed E-state index contributed by atoms with van der Waals surface area (Å²) in [5.41, 5.74) is 3.63. The molecule has 1 N–H and O–H groups in total. The van der Waals surface area contributed by atoms with Crippen LogP contribution < -0.4 is 10.1 Å². The number of hydrogen-bond acceptors (Lipinski definition) is 6. The summed E-state index contributed by atoms with van der Waals surface area (Å²) in [7, 11) is -3.78. The van der Waals surface area contributed by atoms with E-state index in [-0.39, 0.29) is 11.4 Å². The highest BCUT2D eigenvalue weighted by molar-refractivity contribution is 7.89. The molecular weight excluding hydrogens is 555 g/mol. The molecule has 0 bridgehead atoms. The fraction of sp³-hybridized carbons (Fsp3) is 0.103. The first kappa shape index (κ1) is 25.6. The summed E-state index contributed by atoms with van der Waals surface area (Å²) in [6.07, 6.45) is 3.98. The van der Waals surface area contributed by atoms with Crippen LogP contribution in [0.1, 0.15) is 11.1 Å². The summed E-state index contributed by atoms with van der Waals surface area (Å²) in [4.78, 5) is 9.19. The molecule has 196 valence electrons. The number of anilines is 2. The zero-order valence-corrected chi connectivity index (χ0v) is 22.8. The van der Waals surface area contributed by atoms with E-state index in [2.05, 4.69) is 15.3 Å². The van der Waals surface area contributed by atoms with Crippen LogP contribution in [-0.4, -0.2) is 29.2 Å². The number of nitrogens with zero attached hydrogens (tertiary/aromatic N) is 3. The largest absolute Gasteiger partial charge is 0.457 e. The van der Waals surface area contributed by atoms with Crippen LogP contribution >= 0.6 is 23.2 Å². The monoisotopic (exact) mass is 576 g/mol. The van der Waals surface area contributed by atoms with Gasteiger partial charge in [-0.1, -0.05) is 47.5 Å². The van der Waals surface area contributed by atoms with E-state index in [9.17, 15) is 8.42 Å². The second kappa shape index (κ2) is 10.5. The Morgan fingerprint density at radius 2 is 1.72 bits per heavy atom. The van der Waals surface area contributed by atoms with E-state index < -0.39 is 10.0 Å². The first-order chi connectivity index (χ1) is 18.9. The lowest BCUT2D eigenvalue weighted by Crippen LogP contribution is -2.36. The molecule has 3 aromatic carbocycles. The third-order valence-electron chi connectivity index (χ3n) is 6.53. The second-order valence-electron chi connectivity index (χ2n) is 9.08. The number of nitrogens with one attached hydrogen (secondary N) is 1. The molecule has 6 rings (SSSR count). The summed E-state index contributed by atoms with van der Waals surface area (Å²) in [6, 6.07) is 23.1. The summed E-state index contributed by atoms with van der Waals surface area (Å²) in [5.74, 6) is 1.55. The second-order valence-corrected chi connectivity index (χ2v) is 11.8. The number of halogens is 2. The molecule has 5 aromatic rings. The van der Waals surface area contributed by atoms with E-state index >= 15 is 0 Å². The van der Waals surface area contributed by atoms with Crippen molar-refractivity contribution in [1.82, 2.24) is 14.3 Å². The molecule has 3 heterocycles. The molecule has 0 aliphatic carbocycles. The van der Waals surface area contributed by atoms with E-state index in [4.69, 9.17) is 27.9 Å². The lowest BCUT2D eigenvalue weighted by molar-refractivity contribution is 0.391. The van der Waals surface area contributed by atoms with E-state index in [0.29, 0.717) is 40.3 Å². The molecule has 1 aliphatic heterocycles. The minimum atomic E-state index is -3.78. The van der Waals surface area contributed by atoms with Crippen molar-refractivity contribution in [3.63, 3.8) is 0 Å². The van der Waals surface area contributed by atoms with Crippen molar-refractivity contribution < 1.29 is 13.2 Å². The SMILES string of the molecule is O=S(=O)(c1cccc(Oc2ccc(Cl)c(Cl)c2)c1)N1CCc2c(ccnc2Nc2cnc3ccccc3c2)C1. The molecule has 0 spiro atoms. The van der Waals surface area contributed by atoms with Crippen LogP contribution in [0, 0.1) is 0 Å². The van der Waals surface area contributed by atoms with Gasteiger partial charge in [0, 0.05) is 42.4 Å². The Bertz CT molecular complexity index is 1810. The molecular formula is C29H22Cl2N4O3S. The highest BCUT2D eigenvalue weighted by Gasteiger charge is 2.30. The quantitative estimate of drug-likeness (QED) is 0.230. The molecule has 0 radical (unpaired) electrons. The molecule has 0 saturated carbocycles. The van der Waals surface area contributed by atoms with Crippen molar-refractivity contribution in [2.75, 3.05) is 11.9 Å². The molecule has 7 nitrogen and oxygen atoms in total. The van der Waals surface area contributed by atoms with Gasteiger partial charge in [0.2, 0.25) is 10.0 Å². The van der Waals surface area contributed by atoms with Gasteiger partial charge in [-0.2, -0.15) is 4.31 Å². The third kappa shape index (κ3) is 5.29. The summed E-state index contributed by atoms with van der Waals surface area (Å²) >= 11 is 12.1. The van der Waals surface area contributed by atoms with Gasteiger partial charge in [-0.15, -0.1) is 0 Å². The number of rotatable bonds is 6. The first-order valence-corrected chi connectivity index (χ1v) is 14.4. The van der Waals surface area contributed by atoms with Gasteiger partial charge in [0.05, 0.1) is 32.3 Å². The molecule has 0 atom stereocenters. The minimum absolute atomic E-state index is 0.151. The average Bonchev–Trinajstić information content (AvgIpc) is 2.95. The van der Waals surface area contributed by atoms with Gasteiger partial charge in [-0.25, -0.2) is 13.4 Å². The van der Waals surface area contributed by atoms with Crippen molar-refractivity contribution in [2.45, 2.75) is 17.9 Å². The number of fused-ring (bicyclic) bond motifs is 2. The number of ether oxygens (including phenoxy) is 1. The van der Waals surface area contributed by atoms with Gasteiger partial charge < -0.3 is 10.1 Å². The van der Waals surface area contributed by atoms with Gasteiger partial charge in [0.15, 0.2) is 0 Å². The highest BCUT2D eigenvalue weighted by Crippen LogP contribution is 2.33. The van der Waals surface area contributed by atoms with E-state index in [0.717, 1.165) is 27.7 Å². The van der Waals surface area contributed by atoms with Crippen LogP contribution in [0.3, 0.4) is 0 Å². The van der Waals surface area contributed by atoms with Crippen LogP contribution in [0.15, 0.2) is 96.2 Å². The molecule has 2 aromatic heterocycles. The molecule has 10 heteroatoms. The maximum Gasteiger partial charge on any atom is 0.243 e. The van der Waals surface area contributed by atoms with Crippen LogP contribution in [0.4, 0.5) is 11.5 Å². The lowest BCUT2D eigenvalue weighted by atomic mass is 10.0. The zero-order chi connectivity index (χ0) is 27.0. The summed E-state index contributed by atoms with van der Waals surface area (Å²) in [6.45, 7) is 0.562. The van der Waals surface area contributed by atoms with Gasteiger partial charge >= 0.3 is 0 Å². The van der Waals surface area contributed by atoms with Crippen molar-refractivity contribution in [3.05, 3.63) is 112 Å². The Morgan fingerprint density at radius 3 is 2.59 bits per heavy atom. The smallest absolute Gasteiger partial charge is 0.243 e. The molecule has 0 unspecified atom stereocenters.